The molecule has 0 aliphatic carbocycles. The van der Waals surface area contributed by atoms with E-state index in [0.717, 1.165) is 23.3 Å². The van der Waals surface area contributed by atoms with E-state index in [4.69, 9.17) is 23.9 Å². The quantitative estimate of drug-likeness (QED) is 0.420. The van der Waals surface area contributed by atoms with Crippen molar-refractivity contribution in [3.8, 4) is 56.9 Å². The van der Waals surface area contributed by atoms with Gasteiger partial charge in [-0.1, -0.05) is 12.1 Å². The lowest BCUT2D eigenvalue weighted by atomic mass is 10.0. The topological polar surface area (TPSA) is 65.6 Å². The number of hydrogen-bond acceptors (Lipinski definition) is 5. The third-order valence-corrected chi connectivity index (χ3v) is 5.50. The zero-order valence-electron chi connectivity index (χ0n) is 16.9. The Kier molecular flexibility index (Phi) is 4.26. The van der Waals surface area contributed by atoms with Crippen LogP contribution in [0.15, 0.2) is 60.7 Å². The molecule has 166 valence electrons. The van der Waals surface area contributed by atoms with Crippen molar-refractivity contribution in [1.82, 2.24) is 9.97 Å². The molecule has 0 saturated heterocycles. The van der Waals surface area contributed by atoms with Gasteiger partial charge in [-0.25, -0.2) is 4.98 Å². The Bertz CT molecular complexity index is 1290. The molecule has 0 saturated carbocycles. The van der Waals surface area contributed by atoms with Crippen molar-refractivity contribution in [1.29, 1.82) is 0 Å². The number of aromatic amines is 1. The van der Waals surface area contributed by atoms with Crippen molar-refractivity contribution in [2.75, 3.05) is 13.6 Å². The van der Waals surface area contributed by atoms with E-state index in [2.05, 4.69) is 4.98 Å². The molecule has 2 aliphatic rings. The molecule has 0 atom stereocenters. The number of nitrogens with zero attached hydrogens (tertiary/aromatic N) is 1. The summed E-state index contributed by atoms with van der Waals surface area (Å²) >= 11 is 0. The lowest BCUT2D eigenvalue weighted by molar-refractivity contribution is -0.137. The van der Waals surface area contributed by atoms with Gasteiger partial charge >= 0.3 is 6.18 Å². The summed E-state index contributed by atoms with van der Waals surface area (Å²) in [7, 11) is 0. The monoisotopic (exact) mass is 452 g/mol. The number of halogens is 3. The summed E-state index contributed by atoms with van der Waals surface area (Å²) in [5.41, 5.74) is 2.66. The molecular formula is C24H15F3N2O4. The minimum Gasteiger partial charge on any atom is -0.454 e. The van der Waals surface area contributed by atoms with Gasteiger partial charge in [-0.2, -0.15) is 13.2 Å². The summed E-state index contributed by atoms with van der Waals surface area (Å²) < 4.78 is 60.7. The van der Waals surface area contributed by atoms with E-state index in [1.807, 2.05) is 24.3 Å². The second-order valence-electron chi connectivity index (χ2n) is 7.52. The van der Waals surface area contributed by atoms with Gasteiger partial charge in [0.2, 0.25) is 13.6 Å². The molecule has 0 spiro atoms. The number of ether oxygens (including phenoxy) is 4. The largest absolute Gasteiger partial charge is 0.454 e. The van der Waals surface area contributed by atoms with Crippen molar-refractivity contribution in [3.05, 3.63) is 66.2 Å². The van der Waals surface area contributed by atoms with Crippen LogP contribution < -0.4 is 18.9 Å². The molecule has 0 bridgehead atoms. The van der Waals surface area contributed by atoms with Crippen LogP contribution in [0.4, 0.5) is 13.2 Å². The Labute approximate surface area is 185 Å². The number of imidazole rings is 1. The van der Waals surface area contributed by atoms with Gasteiger partial charge in [0.15, 0.2) is 23.0 Å². The van der Waals surface area contributed by atoms with Crippen LogP contribution in [0.2, 0.25) is 0 Å². The fourth-order valence-electron chi connectivity index (χ4n) is 3.84. The van der Waals surface area contributed by atoms with Crippen molar-refractivity contribution in [2.24, 2.45) is 0 Å². The highest BCUT2D eigenvalue weighted by Crippen LogP contribution is 2.42. The van der Waals surface area contributed by atoms with Crippen LogP contribution in [-0.4, -0.2) is 23.6 Å². The van der Waals surface area contributed by atoms with E-state index in [0.29, 0.717) is 45.8 Å². The smallest absolute Gasteiger partial charge is 0.416 e. The average molecular weight is 452 g/mol. The summed E-state index contributed by atoms with van der Waals surface area (Å²) in [5.74, 6) is 2.93. The van der Waals surface area contributed by atoms with Gasteiger partial charge in [-0.15, -0.1) is 0 Å². The van der Waals surface area contributed by atoms with Crippen LogP contribution in [0.1, 0.15) is 5.56 Å². The number of H-pyrrole nitrogens is 1. The first kappa shape index (κ1) is 19.5. The number of alkyl halides is 3. The van der Waals surface area contributed by atoms with E-state index < -0.39 is 11.7 Å². The summed E-state index contributed by atoms with van der Waals surface area (Å²) in [6.07, 6.45) is -4.41. The third kappa shape index (κ3) is 3.42. The van der Waals surface area contributed by atoms with Gasteiger partial charge < -0.3 is 23.9 Å². The van der Waals surface area contributed by atoms with Crippen molar-refractivity contribution < 1.29 is 32.1 Å². The number of fused-ring (bicyclic) bond motifs is 2. The minimum absolute atomic E-state index is 0.144. The fourth-order valence-corrected chi connectivity index (χ4v) is 3.84. The highest BCUT2D eigenvalue weighted by atomic mass is 19.4. The highest BCUT2D eigenvalue weighted by Gasteiger charge is 2.30. The van der Waals surface area contributed by atoms with Crippen LogP contribution in [0.5, 0.6) is 23.0 Å². The van der Waals surface area contributed by atoms with E-state index in [1.165, 1.54) is 12.1 Å². The molecule has 3 aromatic carbocycles. The number of hydrogen-bond donors (Lipinski definition) is 1. The first-order valence-electron chi connectivity index (χ1n) is 10.0. The minimum atomic E-state index is -4.41. The van der Waals surface area contributed by atoms with E-state index >= 15 is 0 Å². The number of rotatable bonds is 3. The summed E-state index contributed by atoms with van der Waals surface area (Å²) in [6, 6.07) is 15.9. The van der Waals surface area contributed by atoms with E-state index in [-0.39, 0.29) is 13.6 Å². The highest BCUT2D eigenvalue weighted by molar-refractivity contribution is 5.83. The third-order valence-electron chi connectivity index (χ3n) is 5.50. The maximum absolute atomic E-state index is 13.0. The van der Waals surface area contributed by atoms with Crippen molar-refractivity contribution in [3.63, 3.8) is 0 Å². The molecule has 6 nitrogen and oxygen atoms in total. The molecule has 4 aromatic rings. The van der Waals surface area contributed by atoms with Gasteiger partial charge in [-0.3, -0.25) is 0 Å². The maximum atomic E-state index is 13.0. The Morgan fingerprint density at radius 1 is 0.667 bits per heavy atom. The van der Waals surface area contributed by atoms with Gasteiger partial charge in [0.1, 0.15) is 5.82 Å². The predicted octanol–water partition coefficient (Wildman–Crippen LogP) is 5.89. The first-order valence-corrected chi connectivity index (χ1v) is 10.0. The van der Waals surface area contributed by atoms with Crippen molar-refractivity contribution >= 4 is 0 Å². The number of benzene rings is 3. The van der Waals surface area contributed by atoms with Gasteiger partial charge in [0, 0.05) is 16.7 Å². The second kappa shape index (κ2) is 7.19. The first-order chi connectivity index (χ1) is 16.0. The van der Waals surface area contributed by atoms with Crippen LogP contribution in [-0.2, 0) is 6.18 Å². The average Bonchev–Trinajstić information content (AvgIpc) is 3.56. The van der Waals surface area contributed by atoms with Gasteiger partial charge in [0.25, 0.3) is 0 Å². The van der Waals surface area contributed by atoms with E-state index in [1.54, 1.807) is 12.1 Å². The van der Waals surface area contributed by atoms with Crippen LogP contribution >= 0.6 is 0 Å². The Balaban J connectivity index is 1.48. The lowest BCUT2D eigenvalue weighted by Crippen LogP contribution is -2.04. The maximum Gasteiger partial charge on any atom is 0.416 e. The normalized spacial score (nSPS) is 14.0. The number of nitrogens with one attached hydrogen (secondary N) is 1. The molecule has 0 fully saturated rings. The summed E-state index contributed by atoms with van der Waals surface area (Å²) in [4.78, 5) is 8.00. The second-order valence-corrected chi connectivity index (χ2v) is 7.52. The van der Waals surface area contributed by atoms with E-state index in [9.17, 15) is 13.2 Å². The molecule has 0 radical (unpaired) electrons. The summed E-state index contributed by atoms with van der Waals surface area (Å²) in [6.45, 7) is 0.290. The Morgan fingerprint density at radius 2 is 1.21 bits per heavy atom. The SMILES string of the molecule is FC(F)(F)c1ccc(-c2nc(-c3ccc4c(c3)OCO4)c(-c3ccc4c(c3)OCO4)[nH]2)cc1. The van der Waals surface area contributed by atoms with Crippen LogP contribution in [0, 0.1) is 0 Å². The molecule has 1 N–H and O–H groups in total. The molecule has 0 unspecified atom stereocenters. The van der Waals surface area contributed by atoms with Gasteiger partial charge in [-0.05, 0) is 48.5 Å². The zero-order valence-corrected chi connectivity index (χ0v) is 16.9. The summed E-state index contributed by atoms with van der Waals surface area (Å²) in [5, 5.41) is 0. The van der Waals surface area contributed by atoms with Gasteiger partial charge in [0.05, 0.1) is 17.0 Å². The fraction of sp³-hybridized carbons (Fsp3) is 0.125. The number of aromatic nitrogens is 2. The molecular weight excluding hydrogens is 437 g/mol. The van der Waals surface area contributed by atoms with Crippen molar-refractivity contribution in [2.45, 2.75) is 6.18 Å². The predicted molar refractivity (Wildman–Crippen MR) is 112 cm³/mol. The molecule has 9 heteroatoms. The van der Waals surface area contributed by atoms with Crippen LogP contribution in [0.25, 0.3) is 33.9 Å². The molecule has 1 aromatic heterocycles. The Morgan fingerprint density at radius 3 is 1.85 bits per heavy atom. The molecule has 2 aliphatic heterocycles. The Hall–Kier alpha value is -4.14. The lowest BCUT2D eigenvalue weighted by Gasteiger charge is -2.06. The zero-order chi connectivity index (χ0) is 22.6. The molecule has 3 heterocycles. The standard InChI is InChI=1S/C24H15F3N2O4/c25-24(26,27)16-5-1-13(2-6-16)23-28-21(14-3-7-17-19(9-14)32-11-30-17)22(29-23)15-4-8-18-20(10-15)33-12-31-18/h1-10H,11-12H2,(H,28,29). The molecule has 0 amide bonds. The molecule has 33 heavy (non-hydrogen) atoms. The van der Waals surface area contributed by atoms with Crippen LogP contribution in [0.3, 0.4) is 0 Å². The molecule has 6 rings (SSSR count).